The molecule has 8 nitrogen and oxygen atoms in total. The molecule has 0 bridgehead atoms. The number of aliphatic hydroxyl groups is 1. The van der Waals surface area contributed by atoms with Gasteiger partial charge in [0.15, 0.2) is 0 Å². The summed E-state index contributed by atoms with van der Waals surface area (Å²) in [6.07, 6.45) is -2.56. The van der Waals surface area contributed by atoms with E-state index < -0.39 is 36.4 Å². The molecule has 0 aromatic carbocycles. The van der Waals surface area contributed by atoms with Crippen molar-refractivity contribution in [1.82, 2.24) is 6.15 Å². The van der Waals surface area contributed by atoms with Gasteiger partial charge in [0.05, 0.1) is 12.4 Å². The maximum Gasteiger partial charge on any atom is 1.00 e. The van der Waals surface area contributed by atoms with E-state index in [4.69, 9.17) is 10.2 Å². The number of rotatable bonds is 5. The number of carboxylic acids is 3. The smallest absolute Gasteiger partial charge is 0.550 e. The molecule has 16 heavy (non-hydrogen) atoms. The molecule has 1 unspecified atom stereocenters. The van der Waals surface area contributed by atoms with Crippen molar-refractivity contribution >= 4 is 17.9 Å². The quantitative estimate of drug-likeness (QED) is 0.412. The van der Waals surface area contributed by atoms with E-state index in [0.717, 1.165) is 0 Å². The zero-order valence-electron chi connectivity index (χ0n) is 9.06. The zero-order valence-corrected chi connectivity index (χ0v) is 14.2. The Hall–Kier alpha value is 0.966. The Balaban J connectivity index is -0.000000240. The van der Waals surface area contributed by atoms with Gasteiger partial charge in [0.2, 0.25) is 0 Å². The Morgan fingerprint density at radius 1 is 1.12 bits per heavy atom. The van der Waals surface area contributed by atoms with Gasteiger partial charge in [0, 0.05) is 12.4 Å². The summed E-state index contributed by atoms with van der Waals surface area (Å²) in [6.45, 7) is 0. The van der Waals surface area contributed by atoms with Crippen LogP contribution in [0, 0.1) is 0 Å². The Labute approximate surface area is 156 Å². The number of hydrogen-bond acceptors (Lipinski definition) is 7. The summed E-state index contributed by atoms with van der Waals surface area (Å²) in [5.74, 6) is -5.67. The molecule has 1 atom stereocenters. The molecule has 5 N–H and O–H groups in total. The molecule has 0 saturated carbocycles. The predicted octanol–water partition coefficient (Wildman–Crippen LogP) is -9.75. The molecular weight excluding hydrogens is 260 g/mol. The van der Waals surface area contributed by atoms with E-state index in [-0.39, 0.29) is 87.1 Å². The first kappa shape index (κ1) is 25.7. The van der Waals surface area contributed by atoms with Crippen LogP contribution < -0.4 is 97.3 Å². The van der Waals surface area contributed by atoms with Gasteiger partial charge in [-0.1, -0.05) is 0 Å². The van der Waals surface area contributed by atoms with Gasteiger partial charge in [-0.3, -0.25) is 4.79 Å². The molecule has 10 heteroatoms. The molecule has 0 heterocycles. The van der Waals surface area contributed by atoms with Crippen LogP contribution in [0.2, 0.25) is 0 Å². The van der Waals surface area contributed by atoms with Crippen LogP contribution in [0.15, 0.2) is 0 Å². The minimum absolute atomic E-state index is 0. The SMILES string of the molecule is N.O=C([O-])CC(O)(CC(=O)O)C(=O)[O-].[K+].[Na+]. The first-order valence-electron chi connectivity index (χ1n) is 3.13. The van der Waals surface area contributed by atoms with Gasteiger partial charge in [-0.15, -0.1) is 0 Å². The van der Waals surface area contributed by atoms with Crippen molar-refractivity contribution in [2.45, 2.75) is 18.4 Å². The fourth-order valence-corrected chi connectivity index (χ4v) is 0.696. The molecule has 0 rings (SSSR count). The molecule has 0 radical (unpaired) electrons. The molecule has 0 fully saturated rings. The fourth-order valence-electron chi connectivity index (χ4n) is 0.696. The van der Waals surface area contributed by atoms with Crippen molar-refractivity contribution in [3.63, 3.8) is 0 Å². The van der Waals surface area contributed by atoms with Gasteiger partial charge >= 0.3 is 86.9 Å². The summed E-state index contributed by atoms with van der Waals surface area (Å²) in [6, 6.07) is 0. The summed E-state index contributed by atoms with van der Waals surface area (Å²) in [5.41, 5.74) is -2.91. The Morgan fingerprint density at radius 2 is 1.50 bits per heavy atom. The van der Waals surface area contributed by atoms with Crippen LogP contribution in [0.4, 0.5) is 0 Å². The van der Waals surface area contributed by atoms with E-state index in [2.05, 4.69) is 0 Å². The molecule has 0 spiro atoms. The second-order valence-corrected chi connectivity index (χ2v) is 2.44. The van der Waals surface area contributed by atoms with Crippen LogP contribution in [-0.4, -0.2) is 33.7 Å². The average molecular weight is 269 g/mol. The third-order valence-electron chi connectivity index (χ3n) is 1.26. The van der Waals surface area contributed by atoms with E-state index in [9.17, 15) is 24.6 Å². The van der Waals surface area contributed by atoms with Gasteiger partial charge < -0.3 is 36.2 Å². The van der Waals surface area contributed by atoms with Crippen molar-refractivity contribution in [3.8, 4) is 0 Å². The average Bonchev–Trinajstić information content (AvgIpc) is 1.82. The van der Waals surface area contributed by atoms with Gasteiger partial charge in [-0.25, -0.2) is 0 Å². The minimum atomic E-state index is -2.91. The number of carbonyl (C=O) groups excluding carboxylic acids is 2. The second kappa shape index (κ2) is 11.1. The Kier molecular flexibility index (Phi) is 17.8. The number of hydrogen-bond donors (Lipinski definition) is 3. The summed E-state index contributed by atoms with van der Waals surface area (Å²) >= 11 is 0. The van der Waals surface area contributed by atoms with Crippen LogP contribution in [-0.2, 0) is 14.4 Å². The van der Waals surface area contributed by atoms with E-state index in [1.807, 2.05) is 0 Å². The van der Waals surface area contributed by atoms with Crippen molar-refractivity contribution in [2.24, 2.45) is 0 Å². The van der Waals surface area contributed by atoms with E-state index in [0.29, 0.717) is 0 Å². The van der Waals surface area contributed by atoms with Crippen LogP contribution in [0.25, 0.3) is 0 Å². The number of carbonyl (C=O) groups is 3. The third-order valence-corrected chi connectivity index (χ3v) is 1.26. The standard InChI is InChI=1S/C6H8O7.K.H3N.Na/c7-3(8)1-6(13,5(11)12)2-4(9)10;;;/h13H,1-2H2,(H,7,8)(H,9,10)(H,11,12);;1H3;/q;+1;;+1/p-2. The second-order valence-electron chi connectivity index (χ2n) is 2.44. The van der Waals surface area contributed by atoms with E-state index in [1.165, 1.54) is 0 Å². The van der Waals surface area contributed by atoms with Crippen molar-refractivity contribution in [3.05, 3.63) is 0 Å². The van der Waals surface area contributed by atoms with Crippen molar-refractivity contribution in [1.29, 1.82) is 0 Å². The molecule has 0 aliphatic heterocycles. The van der Waals surface area contributed by atoms with Gasteiger partial charge in [0.1, 0.15) is 5.60 Å². The predicted molar refractivity (Wildman–Crippen MR) is 36.9 cm³/mol. The molecule has 0 aromatic rings. The van der Waals surface area contributed by atoms with Gasteiger partial charge in [-0.2, -0.15) is 0 Å². The van der Waals surface area contributed by atoms with Gasteiger partial charge in [-0.05, 0) is 0 Å². The topological polar surface area (TPSA) is 173 Å². The maximum atomic E-state index is 10.2. The normalized spacial score (nSPS) is 11.8. The number of aliphatic carboxylic acids is 3. The van der Waals surface area contributed by atoms with E-state index >= 15 is 0 Å². The summed E-state index contributed by atoms with van der Waals surface area (Å²) in [5, 5.41) is 37.2. The molecule has 0 aliphatic rings. The van der Waals surface area contributed by atoms with Crippen molar-refractivity contribution in [2.75, 3.05) is 0 Å². The zero-order chi connectivity index (χ0) is 10.6. The maximum absolute atomic E-state index is 10.2. The van der Waals surface area contributed by atoms with Crippen LogP contribution in [0.5, 0.6) is 0 Å². The van der Waals surface area contributed by atoms with Gasteiger partial charge in [0.25, 0.3) is 0 Å². The third kappa shape index (κ3) is 10.1. The van der Waals surface area contributed by atoms with Crippen LogP contribution in [0.3, 0.4) is 0 Å². The Morgan fingerprint density at radius 3 is 1.69 bits per heavy atom. The molecule has 82 valence electrons. The molecular formula is C6H9KNNaO7. The monoisotopic (exact) mass is 269 g/mol. The summed E-state index contributed by atoms with van der Waals surface area (Å²) < 4.78 is 0. The number of carboxylic acid groups (broad SMARTS) is 3. The molecule has 0 aliphatic carbocycles. The first-order valence-corrected chi connectivity index (χ1v) is 3.13. The van der Waals surface area contributed by atoms with Crippen LogP contribution in [0.1, 0.15) is 12.8 Å². The largest absolute Gasteiger partial charge is 1.00 e. The Bertz CT molecular complexity index is 243. The van der Waals surface area contributed by atoms with E-state index in [1.54, 1.807) is 0 Å². The molecule has 0 saturated heterocycles. The summed E-state index contributed by atoms with van der Waals surface area (Å²) in [7, 11) is 0. The minimum Gasteiger partial charge on any atom is -0.550 e. The van der Waals surface area contributed by atoms with Crippen molar-refractivity contribution < 1.29 is 116 Å². The molecule has 0 aromatic heterocycles. The fraction of sp³-hybridized carbons (Fsp3) is 0.500. The molecule has 0 amide bonds. The first-order chi connectivity index (χ1) is 5.78. The van der Waals surface area contributed by atoms with Crippen LogP contribution >= 0.6 is 0 Å². The summed E-state index contributed by atoms with van der Waals surface area (Å²) in [4.78, 5) is 30.2.